The van der Waals surface area contributed by atoms with E-state index < -0.39 is 0 Å². The smallest absolute Gasteiger partial charge is 0.177 e. The number of nitrogens with zero attached hydrogens (tertiary/aromatic N) is 3. The maximum absolute atomic E-state index is 9.00. The second kappa shape index (κ2) is 2.57. The molecule has 1 N–H and O–H groups in total. The van der Waals surface area contributed by atoms with E-state index >= 15 is 0 Å². The van der Waals surface area contributed by atoms with Gasteiger partial charge in [-0.05, 0) is 19.1 Å². The lowest BCUT2D eigenvalue weighted by molar-refractivity contribution is 0.212. The fourth-order valence-electron chi connectivity index (χ4n) is 1.25. The summed E-state index contributed by atoms with van der Waals surface area (Å²) in [5, 5.41) is 9.00. The number of rotatable bonds is 1. The number of aromatic nitrogens is 3. The zero-order valence-corrected chi connectivity index (χ0v) is 6.73. The molecule has 0 bridgehead atoms. The van der Waals surface area contributed by atoms with Crippen molar-refractivity contribution < 1.29 is 5.11 Å². The number of aliphatic hydroxyl groups excluding tert-OH is 1. The summed E-state index contributed by atoms with van der Waals surface area (Å²) in [4.78, 5) is 8.24. The second-order valence-electron chi connectivity index (χ2n) is 2.57. The molecule has 0 fully saturated rings. The largest absolute Gasteiger partial charge is 0.376 e. The Balaban J connectivity index is 2.81. The van der Waals surface area contributed by atoms with Crippen LogP contribution in [0.5, 0.6) is 0 Å². The molecule has 62 valence electrons. The van der Waals surface area contributed by atoms with Gasteiger partial charge >= 0.3 is 0 Å². The van der Waals surface area contributed by atoms with E-state index in [9.17, 15) is 0 Å². The SMILES string of the molecule is Cc1nc2ncccc2n1CO. The topological polar surface area (TPSA) is 50.9 Å². The zero-order chi connectivity index (χ0) is 8.55. The molecule has 0 saturated carbocycles. The van der Waals surface area contributed by atoms with Crippen molar-refractivity contribution in [2.75, 3.05) is 0 Å². The van der Waals surface area contributed by atoms with Gasteiger partial charge in [-0.1, -0.05) is 0 Å². The Bertz CT molecular complexity index is 408. The Kier molecular flexibility index (Phi) is 1.55. The van der Waals surface area contributed by atoms with E-state index in [4.69, 9.17) is 5.11 Å². The molecule has 2 heterocycles. The molecule has 2 aromatic heterocycles. The molecule has 12 heavy (non-hydrogen) atoms. The van der Waals surface area contributed by atoms with E-state index in [1.54, 1.807) is 10.8 Å². The van der Waals surface area contributed by atoms with Gasteiger partial charge in [0.15, 0.2) is 5.65 Å². The van der Waals surface area contributed by atoms with E-state index in [1.165, 1.54) is 0 Å². The van der Waals surface area contributed by atoms with Gasteiger partial charge < -0.3 is 9.67 Å². The number of aryl methyl sites for hydroxylation is 1. The summed E-state index contributed by atoms with van der Waals surface area (Å²) in [5.74, 6) is 0.784. The van der Waals surface area contributed by atoms with Gasteiger partial charge in [0.2, 0.25) is 0 Å². The average Bonchev–Trinajstić information content (AvgIpc) is 2.40. The summed E-state index contributed by atoms with van der Waals surface area (Å²) < 4.78 is 1.71. The molecular weight excluding hydrogens is 154 g/mol. The lowest BCUT2D eigenvalue weighted by Crippen LogP contribution is -1.98. The minimum atomic E-state index is -0.0476. The highest BCUT2D eigenvalue weighted by Crippen LogP contribution is 2.11. The first-order valence-corrected chi connectivity index (χ1v) is 3.71. The van der Waals surface area contributed by atoms with E-state index in [0.717, 1.165) is 11.3 Å². The van der Waals surface area contributed by atoms with Crippen molar-refractivity contribution in [1.82, 2.24) is 14.5 Å². The molecule has 4 nitrogen and oxygen atoms in total. The van der Waals surface area contributed by atoms with Crippen molar-refractivity contribution in [3.05, 3.63) is 24.2 Å². The summed E-state index contributed by atoms with van der Waals surface area (Å²) in [6.07, 6.45) is 1.69. The average molecular weight is 163 g/mol. The molecular formula is C8H9N3O. The van der Waals surface area contributed by atoms with Crippen LogP contribution in [0.25, 0.3) is 11.2 Å². The molecule has 0 aliphatic heterocycles. The molecule has 0 saturated heterocycles. The Morgan fingerprint density at radius 3 is 3.17 bits per heavy atom. The van der Waals surface area contributed by atoms with Gasteiger partial charge in [0.1, 0.15) is 12.6 Å². The molecule has 0 amide bonds. The molecule has 0 spiro atoms. The number of fused-ring (bicyclic) bond motifs is 1. The number of hydrogen-bond acceptors (Lipinski definition) is 3. The van der Waals surface area contributed by atoms with Crippen LogP contribution in [0.1, 0.15) is 5.82 Å². The van der Waals surface area contributed by atoms with Gasteiger partial charge in [0.25, 0.3) is 0 Å². The van der Waals surface area contributed by atoms with Crippen LogP contribution in [0, 0.1) is 6.92 Å². The standard InChI is InChI=1S/C8H9N3O/c1-6-10-8-7(11(6)5-12)3-2-4-9-8/h2-4,12H,5H2,1H3. The van der Waals surface area contributed by atoms with Crippen LogP contribution < -0.4 is 0 Å². The van der Waals surface area contributed by atoms with E-state index in [1.807, 2.05) is 19.1 Å². The maximum Gasteiger partial charge on any atom is 0.177 e. The first kappa shape index (κ1) is 7.24. The van der Waals surface area contributed by atoms with Crippen LogP contribution in [0.2, 0.25) is 0 Å². The highest BCUT2D eigenvalue weighted by Gasteiger charge is 2.04. The van der Waals surface area contributed by atoms with E-state index in [2.05, 4.69) is 9.97 Å². The summed E-state index contributed by atoms with van der Waals surface area (Å²) in [7, 11) is 0. The number of pyridine rings is 1. The Morgan fingerprint density at radius 1 is 1.58 bits per heavy atom. The third-order valence-corrected chi connectivity index (χ3v) is 1.86. The van der Waals surface area contributed by atoms with Crippen LogP contribution in [-0.4, -0.2) is 19.6 Å². The van der Waals surface area contributed by atoms with Crippen LogP contribution in [0.3, 0.4) is 0 Å². The molecule has 0 radical (unpaired) electrons. The lowest BCUT2D eigenvalue weighted by atomic mass is 10.4. The highest BCUT2D eigenvalue weighted by atomic mass is 16.3. The first-order chi connectivity index (χ1) is 5.83. The van der Waals surface area contributed by atoms with E-state index in [0.29, 0.717) is 5.65 Å². The molecule has 0 unspecified atom stereocenters. The van der Waals surface area contributed by atoms with Gasteiger partial charge in [0.05, 0.1) is 5.52 Å². The van der Waals surface area contributed by atoms with Gasteiger partial charge in [0, 0.05) is 6.20 Å². The fraction of sp³-hybridized carbons (Fsp3) is 0.250. The predicted molar refractivity (Wildman–Crippen MR) is 44.5 cm³/mol. The summed E-state index contributed by atoms with van der Waals surface area (Å²) in [6.45, 7) is 1.80. The third kappa shape index (κ3) is 0.887. The lowest BCUT2D eigenvalue weighted by Gasteiger charge is -1.98. The van der Waals surface area contributed by atoms with Gasteiger partial charge in [-0.2, -0.15) is 0 Å². The minimum Gasteiger partial charge on any atom is -0.376 e. The zero-order valence-electron chi connectivity index (χ0n) is 6.73. The maximum atomic E-state index is 9.00. The van der Waals surface area contributed by atoms with Crippen molar-refractivity contribution in [3.8, 4) is 0 Å². The van der Waals surface area contributed by atoms with Crippen LogP contribution in [0.15, 0.2) is 18.3 Å². The van der Waals surface area contributed by atoms with Crippen molar-refractivity contribution in [1.29, 1.82) is 0 Å². The van der Waals surface area contributed by atoms with Crippen molar-refractivity contribution in [2.24, 2.45) is 0 Å². The molecule has 0 aromatic carbocycles. The number of imidazole rings is 1. The number of aliphatic hydroxyl groups is 1. The molecule has 0 aliphatic rings. The molecule has 2 rings (SSSR count). The Hall–Kier alpha value is -1.42. The Labute approximate surface area is 69.5 Å². The molecule has 4 heteroatoms. The Morgan fingerprint density at radius 2 is 2.42 bits per heavy atom. The van der Waals surface area contributed by atoms with Crippen molar-refractivity contribution >= 4 is 11.2 Å². The minimum absolute atomic E-state index is 0.0476. The first-order valence-electron chi connectivity index (χ1n) is 3.71. The normalized spacial score (nSPS) is 10.8. The monoisotopic (exact) mass is 163 g/mol. The third-order valence-electron chi connectivity index (χ3n) is 1.86. The van der Waals surface area contributed by atoms with E-state index in [-0.39, 0.29) is 6.73 Å². The number of hydrogen-bond donors (Lipinski definition) is 1. The quantitative estimate of drug-likeness (QED) is 0.672. The molecule has 0 aliphatic carbocycles. The van der Waals surface area contributed by atoms with Crippen LogP contribution >= 0.6 is 0 Å². The van der Waals surface area contributed by atoms with Crippen LogP contribution in [-0.2, 0) is 6.73 Å². The van der Waals surface area contributed by atoms with Crippen molar-refractivity contribution in [2.45, 2.75) is 13.7 Å². The fourth-order valence-corrected chi connectivity index (χ4v) is 1.25. The van der Waals surface area contributed by atoms with Gasteiger partial charge in [-0.25, -0.2) is 9.97 Å². The van der Waals surface area contributed by atoms with Gasteiger partial charge in [-0.15, -0.1) is 0 Å². The summed E-state index contributed by atoms with van der Waals surface area (Å²) >= 11 is 0. The predicted octanol–water partition coefficient (Wildman–Crippen LogP) is 0.690. The summed E-state index contributed by atoms with van der Waals surface area (Å²) in [6, 6.07) is 3.72. The van der Waals surface area contributed by atoms with Gasteiger partial charge in [-0.3, -0.25) is 0 Å². The van der Waals surface area contributed by atoms with Crippen LogP contribution in [0.4, 0.5) is 0 Å². The second-order valence-corrected chi connectivity index (χ2v) is 2.57. The van der Waals surface area contributed by atoms with Crippen molar-refractivity contribution in [3.63, 3.8) is 0 Å². The molecule has 0 atom stereocenters. The highest BCUT2D eigenvalue weighted by molar-refractivity contribution is 5.71. The summed E-state index contributed by atoms with van der Waals surface area (Å²) in [5.41, 5.74) is 1.56. The molecule has 2 aromatic rings.